The number of rotatable bonds is 8. The second kappa shape index (κ2) is 8.49. The van der Waals surface area contributed by atoms with Crippen LogP contribution in [0.4, 0.5) is 0 Å². The Morgan fingerprint density at radius 1 is 0.962 bits per heavy atom. The molecule has 0 saturated heterocycles. The summed E-state index contributed by atoms with van der Waals surface area (Å²) in [6.45, 7) is 2.45. The molecule has 2 aromatic carbocycles. The largest absolute Gasteiger partial charge is 0.491 e. The van der Waals surface area contributed by atoms with Crippen LogP contribution in [0.1, 0.15) is 12.5 Å². The van der Waals surface area contributed by atoms with Crippen LogP contribution < -0.4 is 9.47 Å². The molecule has 1 heterocycles. The maximum absolute atomic E-state index is 10.0. The van der Waals surface area contributed by atoms with Crippen LogP contribution in [0.25, 0.3) is 11.4 Å². The first-order chi connectivity index (χ1) is 12.6. The van der Waals surface area contributed by atoms with Crippen molar-refractivity contribution in [2.45, 2.75) is 19.4 Å². The first kappa shape index (κ1) is 17.9. The van der Waals surface area contributed by atoms with Gasteiger partial charge in [-0.3, -0.25) is 4.68 Å². The zero-order valence-electron chi connectivity index (χ0n) is 15.0. The number of ether oxygens (including phenoxy) is 2. The second-order valence-corrected chi connectivity index (χ2v) is 6.04. The fourth-order valence-electron chi connectivity index (χ4n) is 2.43. The summed E-state index contributed by atoms with van der Waals surface area (Å²) in [4.78, 5) is 4.21. The van der Waals surface area contributed by atoms with E-state index < -0.39 is 6.10 Å². The Bertz CT molecular complexity index is 813. The number of nitrogens with zero attached hydrogens (tertiary/aromatic N) is 3. The molecule has 0 spiro atoms. The third-order valence-corrected chi connectivity index (χ3v) is 3.93. The highest BCUT2D eigenvalue weighted by Crippen LogP contribution is 2.19. The molecule has 0 bridgehead atoms. The molecule has 0 unspecified atom stereocenters. The van der Waals surface area contributed by atoms with Crippen molar-refractivity contribution in [2.24, 2.45) is 7.05 Å². The third-order valence-electron chi connectivity index (χ3n) is 3.93. The van der Waals surface area contributed by atoms with Crippen LogP contribution in [-0.4, -0.2) is 39.2 Å². The number of aromatic nitrogens is 3. The molecule has 0 amide bonds. The van der Waals surface area contributed by atoms with Gasteiger partial charge in [0, 0.05) is 12.6 Å². The van der Waals surface area contributed by atoms with Gasteiger partial charge in [0.2, 0.25) is 0 Å². The summed E-state index contributed by atoms with van der Waals surface area (Å²) in [6, 6.07) is 15.3. The second-order valence-electron chi connectivity index (χ2n) is 6.04. The normalized spacial score (nSPS) is 12.0. The number of aliphatic hydroxyl groups excluding tert-OH is 1. The molecular formula is C20H23N3O3. The highest BCUT2D eigenvalue weighted by atomic mass is 16.5. The first-order valence-electron chi connectivity index (χ1n) is 8.62. The summed E-state index contributed by atoms with van der Waals surface area (Å²) in [7, 11) is 1.83. The van der Waals surface area contributed by atoms with E-state index in [0.29, 0.717) is 11.6 Å². The summed E-state index contributed by atoms with van der Waals surface area (Å²) in [5.41, 5.74) is 2.17. The van der Waals surface area contributed by atoms with Gasteiger partial charge in [0.25, 0.3) is 0 Å². The molecule has 3 aromatic rings. The summed E-state index contributed by atoms with van der Waals surface area (Å²) >= 11 is 0. The van der Waals surface area contributed by atoms with E-state index in [2.05, 4.69) is 17.0 Å². The monoisotopic (exact) mass is 353 g/mol. The van der Waals surface area contributed by atoms with Gasteiger partial charge in [-0.15, -0.1) is 0 Å². The highest BCUT2D eigenvalue weighted by Gasteiger charge is 2.08. The lowest BCUT2D eigenvalue weighted by Crippen LogP contribution is -2.25. The topological polar surface area (TPSA) is 69.4 Å². The van der Waals surface area contributed by atoms with Crippen molar-refractivity contribution in [3.63, 3.8) is 0 Å². The Labute approximate surface area is 153 Å². The van der Waals surface area contributed by atoms with Crippen molar-refractivity contribution >= 4 is 0 Å². The molecule has 1 N–H and O–H groups in total. The fourth-order valence-corrected chi connectivity index (χ4v) is 2.43. The van der Waals surface area contributed by atoms with Crippen molar-refractivity contribution < 1.29 is 14.6 Å². The smallest absolute Gasteiger partial charge is 0.181 e. The molecule has 0 aliphatic carbocycles. The van der Waals surface area contributed by atoms with Gasteiger partial charge in [0.15, 0.2) is 5.82 Å². The third kappa shape index (κ3) is 4.83. The van der Waals surface area contributed by atoms with Gasteiger partial charge >= 0.3 is 0 Å². The molecule has 0 radical (unpaired) electrons. The summed E-state index contributed by atoms with van der Waals surface area (Å²) in [5.74, 6) is 2.09. The predicted molar refractivity (Wildman–Crippen MR) is 99.3 cm³/mol. The highest BCUT2D eigenvalue weighted by molar-refractivity contribution is 5.55. The van der Waals surface area contributed by atoms with Crippen LogP contribution in [-0.2, 0) is 13.5 Å². The van der Waals surface area contributed by atoms with E-state index in [0.717, 1.165) is 17.7 Å². The number of benzene rings is 2. The summed E-state index contributed by atoms with van der Waals surface area (Å²) < 4.78 is 12.9. The Balaban J connectivity index is 1.45. The maximum Gasteiger partial charge on any atom is 0.181 e. The van der Waals surface area contributed by atoms with Gasteiger partial charge < -0.3 is 14.6 Å². The molecule has 0 aliphatic heterocycles. The quantitative estimate of drug-likeness (QED) is 0.674. The van der Waals surface area contributed by atoms with Gasteiger partial charge in [0.1, 0.15) is 37.1 Å². The molecule has 26 heavy (non-hydrogen) atoms. The Kier molecular flexibility index (Phi) is 5.86. The fraction of sp³-hybridized carbons (Fsp3) is 0.300. The van der Waals surface area contributed by atoms with Gasteiger partial charge in [-0.2, -0.15) is 5.10 Å². The molecular weight excluding hydrogens is 330 g/mol. The van der Waals surface area contributed by atoms with E-state index in [1.54, 1.807) is 11.0 Å². The standard InChI is InChI=1S/C20H23N3O3/c1-3-15-4-8-18(9-5-15)25-12-17(24)13-26-19-10-6-16(7-11-19)20-21-14-23(2)22-20/h4-11,14,17,24H,3,12-13H2,1-2H3/t17-/m0/s1. The molecule has 1 aromatic heterocycles. The molecule has 136 valence electrons. The van der Waals surface area contributed by atoms with Crippen LogP contribution >= 0.6 is 0 Å². The minimum absolute atomic E-state index is 0.161. The van der Waals surface area contributed by atoms with E-state index in [4.69, 9.17) is 9.47 Å². The lowest BCUT2D eigenvalue weighted by atomic mass is 10.2. The number of hydrogen-bond donors (Lipinski definition) is 1. The van der Waals surface area contributed by atoms with Gasteiger partial charge in [-0.1, -0.05) is 19.1 Å². The molecule has 0 fully saturated rings. The Morgan fingerprint density at radius 3 is 2.04 bits per heavy atom. The number of aliphatic hydroxyl groups is 1. The van der Waals surface area contributed by atoms with Gasteiger partial charge in [-0.05, 0) is 48.4 Å². The zero-order chi connectivity index (χ0) is 18.4. The molecule has 0 aliphatic rings. The van der Waals surface area contributed by atoms with Crippen molar-refractivity contribution in [3.05, 3.63) is 60.4 Å². The average Bonchev–Trinajstić information content (AvgIpc) is 3.12. The SMILES string of the molecule is CCc1ccc(OC[C@H](O)COc2ccc(-c3ncn(C)n3)cc2)cc1. The van der Waals surface area contributed by atoms with Crippen LogP contribution in [0, 0.1) is 0 Å². The van der Waals surface area contributed by atoms with E-state index in [1.165, 1.54) is 5.56 Å². The number of hydrogen-bond acceptors (Lipinski definition) is 5. The molecule has 3 rings (SSSR count). The van der Waals surface area contributed by atoms with Crippen LogP contribution in [0.15, 0.2) is 54.9 Å². The Morgan fingerprint density at radius 2 is 1.54 bits per heavy atom. The predicted octanol–water partition coefficient (Wildman–Crippen LogP) is 2.86. The van der Waals surface area contributed by atoms with Crippen LogP contribution in [0.3, 0.4) is 0 Å². The van der Waals surface area contributed by atoms with Crippen molar-refractivity contribution in [2.75, 3.05) is 13.2 Å². The maximum atomic E-state index is 10.0. The lowest BCUT2D eigenvalue weighted by Gasteiger charge is -2.14. The van der Waals surface area contributed by atoms with Crippen molar-refractivity contribution in [1.29, 1.82) is 0 Å². The summed E-state index contributed by atoms with van der Waals surface area (Å²) in [6.07, 6.45) is 1.94. The van der Waals surface area contributed by atoms with Gasteiger partial charge in [0.05, 0.1) is 0 Å². The number of aryl methyl sites for hydroxylation is 2. The average molecular weight is 353 g/mol. The molecule has 1 atom stereocenters. The minimum Gasteiger partial charge on any atom is -0.491 e. The van der Waals surface area contributed by atoms with Crippen LogP contribution in [0.2, 0.25) is 0 Å². The minimum atomic E-state index is -0.710. The Hall–Kier alpha value is -2.86. The molecule has 6 heteroatoms. The zero-order valence-corrected chi connectivity index (χ0v) is 15.0. The van der Waals surface area contributed by atoms with Crippen LogP contribution in [0.5, 0.6) is 11.5 Å². The lowest BCUT2D eigenvalue weighted by molar-refractivity contribution is 0.0626. The molecule has 0 saturated carbocycles. The van der Waals surface area contributed by atoms with Crippen molar-refractivity contribution in [1.82, 2.24) is 14.8 Å². The van der Waals surface area contributed by atoms with E-state index >= 15 is 0 Å². The van der Waals surface area contributed by atoms with E-state index in [1.807, 2.05) is 55.6 Å². The first-order valence-corrected chi connectivity index (χ1v) is 8.62. The van der Waals surface area contributed by atoms with E-state index in [9.17, 15) is 5.11 Å². The van der Waals surface area contributed by atoms with Crippen molar-refractivity contribution in [3.8, 4) is 22.9 Å². The molecule has 6 nitrogen and oxygen atoms in total. The van der Waals surface area contributed by atoms with E-state index in [-0.39, 0.29) is 13.2 Å². The summed E-state index contributed by atoms with van der Waals surface area (Å²) in [5, 5.41) is 14.3. The van der Waals surface area contributed by atoms with Gasteiger partial charge in [-0.25, -0.2) is 4.98 Å².